The number of ether oxygens (including phenoxy) is 1. The topological polar surface area (TPSA) is 117 Å². The number of carbonyl (C=O) groups is 1. The predicted molar refractivity (Wildman–Crippen MR) is 126 cm³/mol. The number of aromatic nitrogens is 1. The van der Waals surface area contributed by atoms with Crippen LogP contribution in [0.25, 0.3) is 11.8 Å². The summed E-state index contributed by atoms with van der Waals surface area (Å²) < 4.78 is 31.7. The molecule has 0 aliphatic carbocycles. The minimum Gasteiger partial charge on any atom is -0.495 e. The van der Waals surface area contributed by atoms with Gasteiger partial charge in [0.05, 0.1) is 24.1 Å². The number of hydrogen-bond acceptors (Lipinski definition) is 7. The molecule has 0 spiro atoms. The number of nitrogens with one attached hydrogen (secondary N) is 1. The molecule has 32 heavy (non-hydrogen) atoms. The third kappa shape index (κ3) is 3.56. The highest BCUT2D eigenvalue weighted by atomic mass is 32.3. The summed E-state index contributed by atoms with van der Waals surface area (Å²) >= 11 is 0.784. The van der Waals surface area contributed by atoms with Crippen LogP contribution < -0.4 is 4.74 Å². The molecule has 0 fully saturated rings. The van der Waals surface area contributed by atoms with Crippen molar-refractivity contribution in [3.05, 3.63) is 52.9 Å². The summed E-state index contributed by atoms with van der Waals surface area (Å²) in [6.07, 6.45) is 1.59. The van der Waals surface area contributed by atoms with E-state index < -0.39 is 15.7 Å². The van der Waals surface area contributed by atoms with Crippen LogP contribution in [0.3, 0.4) is 0 Å². The average Bonchev–Trinajstić information content (AvgIpc) is 3.32. The quantitative estimate of drug-likeness (QED) is 0.685. The number of rotatable bonds is 4. The first kappa shape index (κ1) is 22.0. The molecule has 2 aliphatic heterocycles. The first-order chi connectivity index (χ1) is 15.2. The van der Waals surface area contributed by atoms with E-state index in [0.717, 1.165) is 39.4 Å². The Kier molecular flexibility index (Phi) is 5.55. The lowest BCUT2D eigenvalue weighted by atomic mass is 10.1. The zero-order chi connectivity index (χ0) is 23.2. The fourth-order valence-corrected chi connectivity index (χ4v) is 5.66. The van der Waals surface area contributed by atoms with Crippen molar-refractivity contribution in [3.8, 4) is 11.4 Å². The van der Waals surface area contributed by atoms with Crippen LogP contribution in [0, 0.1) is 19.3 Å². The van der Waals surface area contributed by atoms with E-state index in [2.05, 4.69) is 10.1 Å². The Morgan fingerprint density at radius 1 is 1.25 bits per heavy atom. The first-order valence-electron chi connectivity index (χ1n) is 9.73. The van der Waals surface area contributed by atoms with Crippen LogP contribution in [0.1, 0.15) is 23.9 Å². The highest BCUT2D eigenvalue weighted by molar-refractivity contribution is 8.42. The van der Waals surface area contributed by atoms with Gasteiger partial charge < -0.3 is 9.30 Å². The molecular formula is C21H21N5O4S2. The van der Waals surface area contributed by atoms with Gasteiger partial charge in [-0.25, -0.2) is 8.42 Å². The molecule has 4 rings (SSSR count). The van der Waals surface area contributed by atoms with Crippen LogP contribution in [0.2, 0.25) is 0 Å². The van der Waals surface area contributed by atoms with Crippen molar-refractivity contribution >= 4 is 49.0 Å². The maximum Gasteiger partial charge on any atom is 0.283 e. The smallest absolute Gasteiger partial charge is 0.283 e. The summed E-state index contributed by atoms with van der Waals surface area (Å²) in [5.41, 5.74) is 3.40. The number of hydrogen-bond donors (Lipinski definition) is 1. The van der Waals surface area contributed by atoms with Gasteiger partial charge in [-0.2, -0.15) is 10.0 Å². The number of amides is 1. The molecule has 1 amide bonds. The van der Waals surface area contributed by atoms with Gasteiger partial charge in [0, 0.05) is 11.4 Å². The van der Waals surface area contributed by atoms with Gasteiger partial charge in [0.2, 0.25) is 19.4 Å². The number of amidine groups is 2. The third-order valence-corrected chi connectivity index (χ3v) is 8.27. The largest absolute Gasteiger partial charge is 0.495 e. The molecule has 2 aromatic rings. The van der Waals surface area contributed by atoms with Crippen molar-refractivity contribution in [1.82, 2.24) is 9.58 Å². The SMILES string of the molecule is CCS(=O)(=O)C1=NN2C(=N)/C(=C\c3cc(C)n(-c4ccccc4OC)c3C)C(=O)N=C2S1. The Balaban J connectivity index is 1.76. The molecule has 2 aliphatic rings. The maximum absolute atomic E-state index is 12.7. The van der Waals surface area contributed by atoms with E-state index in [1.807, 2.05) is 48.7 Å². The average molecular weight is 472 g/mol. The lowest BCUT2D eigenvalue weighted by molar-refractivity contribution is -0.114. The number of benzene rings is 1. The van der Waals surface area contributed by atoms with E-state index in [1.165, 1.54) is 6.92 Å². The summed E-state index contributed by atoms with van der Waals surface area (Å²) in [6.45, 7) is 5.36. The Bertz CT molecular complexity index is 1350. The fourth-order valence-electron chi connectivity index (χ4n) is 3.50. The van der Waals surface area contributed by atoms with Crippen LogP contribution in [0.5, 0.6) is 5.75 Å². The van der Waals surface area contributed by atoms with Gasteiger partial charge in [-0.1, -0.05) is 19.1 Å². The molecule has 9 nitrogen and oxygen atoms in total. The molecule has 0 bridgehead atoms. The van der Waals surface area contributed by atoms with Gasteiger partial charge in [0.25, 0.3) is 5.91 Å². The molecule has 1 N–H and O–H groups in total. The van der Waals surface area contributed by atoms with E-state index in [-0.39, 0.29) is 26.7 Å². The van der Waals surface area contributed by atoms with Gasteiger partial charge >= 0.3 is 0 Å². The standard InChI is InChI=1S/C21H21N5O4S2/c1-5-32(28,29)21-24-26-18(22)15(19(27)23-20(26)31-21)11-14-10-12(2)25(13(14)3)16-8-6-7-9-17(16)30-4/h6-11,22H,5H2,1-4H3/b15-11+,22-18?. The second kappa shape index (κ2) is 8.06. The first-order valence-corrected chi connectivity index (χ1v) is 12.2. The van der Waals surface area contributed by atoms with Gasteiger partial charge in [-0.3, -0.25) is 10.2 Å². The van der Waals surface area contributed by atoms with E-state index in [0.29, 0.717) is 5.75 Å². The summed E-state index contributed by atoms with van der Waals surface area (Å²) in [7, 11) is -1.97. The number of thioether (sulfide) groups is 1. The number of fused-ring (bicyclic) bond motifs is 1. The molecule has 3 heterocycles. The van der Waals surface area contributed by atoms with Crippen molar-refractivity contribution in [2.75, 3.05) is 12.9 Å². The number of sulfone groups is 1. The van der Waals surface area contributed by atoms with Crippen molar-refractivity contribution in [3.63, 3.8) is 0 Å². The van der Waals surface area contributed by atoms with Crippen molar-refractivity contribution < 1.29 is 17.9 Å². The van der Waals surface area contributed by atoms with Crippen LogP contribution in [-0.2, 0) is 14.6 Å². The highest BCUT2D eigenvalue weighted by Gasteiger charge is 2.39. The lowest BCUT2D eigenvalue weighted by Gasteiger charge is -2.20. The number of aliphatic imine (C=N–C) groups is 1. The molecule has 0 atom stereocenters. The minimum absolute atomic E-state index is 0.0357. The molecule has 0 saturated heterocycles. The number of nitrogens with zero attached hydrogens (tertiary/aromatic N) is 4. The molecule has 0 radical (unpaired) electrons. The Hall–Kier alpha value is -3.18. The lowest BCUT2D eigenvalue weighted by Crippen LogP contribution is -2.35. The van der Waals surface area contributed by atoms with Gasteiger partial charge in [-0.05, 0) is 55.4 Å². The van der Waals surface area contributed by atoms with Crippen molar-refractivity contribution in [1.29, 1.82) is 5.41 Å². The third-order valence-electron chi connectivity index (χ3n) is 5.18. The Labute approximate surface area is 189 Å². The molecule has 166 valence electrons. The van der Waals surface area contributed by atoms with Crippen LogP contribution in [0.15, 0.2) is 46.0 Å². The van der Waals surface area contributed by atoms with Crippen molar-refractivity contribution in [2.45, 2.75) is 20.8 Å². The molecule has 11 heteroatoms. The number of aryl methyl sites for hydroxylation is 1. The number of hydrazone groups is 1. The number of carbonyl (C=O) groups excluding carboxylic acids is 1. The Morgan fingerprint density at radius 3 is 2.66 bits per heavy atom. The zero-order valence-corrected chi connectivity index (χ0v) is 19.5. The summed E-state index contributed by atoms with van der Waals surface area (Å²) in [5, 5.41) is 13.7. The molecular weight excluding hydrogens is 450 g/mol. The summed E-state index contributed by atoms with van der Waals surface area (Å²) in [5.74, 6) is -0.242. The highest BCUT2D eigenvalue weighted by Crippen LogP contribution is 2.32. The number of methoxy groups -OCH3 is 1. The summed E-state index contributed by atoms with van der Waals surface area (Å²) in [6, 6.07) is 9.51. The van der Waals surface area contributed by atoms with E-state index in [1.54, 1.807) is 13.2 Å². The van der Waals surface area contributed by atoms with Crippen LogP contribution in [0.4, 0.5) is 0 Å². The van der Waals surface area contributed by atoms with Crippen LogP contribution >= 0.6 is 11.8 Å². The number of para-hydroxylation sites is 2. The van der Waals surface area contributed by atoms with E-state index in [9.17, 15) is 13.2 Å². The monoisotopic (exact) mass is 471 g/mol. The van der Waals surface area contributed by atoms with Crippen LogP contribution in [-0.4, -0.2) is 52.1 Å². The Morgan fingerprint density at radius 2 is 1.97 bits per heavy atom. The maximum atomic E-state index is 12.7. The molecule has 0 saturated carbocycles. The predicted octanol–water partition coefficient (Wildman–Crippen LogP) is 3.11. The fraction of sp³-hybridized carbons (Fsp3) is 0.238. The second-order valence-electron chi connectivity index (χ2n) is 7.12. The van der Waals surface area contributed by atoms with Gasteiger partial charge in [-0.15, -0.1) is 5.10 Å². The summed E-state index contributed by atoms with van der Waals surface area (Å²) in [4.78, 5) is 16.7. The van der Waals surface area contributed by atoms with E-state index in [4.69, 9.17) is 10.1 Å². The normalized spacial score (nSPS) is 17.5. The zero-order valence-electron chi connectivity index (χ0n) is 17.9. The minimum atomic E-state index is -3.57. The molecule has 1 aromatic heterocycles. The van der Waals surface area contributed by atoms with Gasteiger partial charge in [0.1, 0.15) is 5.75 Å². The van der Waals surface area contributed by atoms with Gasteiger partial charge in [0.15, 0.2) is 5.84 Å². The molecule has 0 unspecified atom stereocenters. The van der Waals surface area contributed by atoms with Crippen molar-refractivity contribution in [2.24, 2.45) is 10.1 Å². The van der Waals surface area contributed by atoms with E-state index >= 15 is 0 Å². The second-order valence-corrected chi connectivity index (χ2v) is 10.5. The molecule has 1 aromatic carbocycles.